The molecule has 2 aliphatic rings. The second-order valence-corrected chi connectivity index (χ2v) is 5.62. The third-order valence-corrected chi connectivity index (χ3v) is 4.80. The molecule has 1 saturated carbocycles. The fourth-order valence-electron chi connectivity index (χ4n) is 2.28. The number of allylic oxidation sites excluding steroid dienone is 2. The van der Waals surface area contributed by atoms with Crippen LogP contribution in [0.1, 0.15) is 39.5 Å². The molecule has 11 heavy (non-hydrogen) atoms. The van der Waals surface area contributed by atoms with Crippen molar-refractivity contribution in [3.63, 3.8) is 0 Å². The first-order valence-corrected chi connectivity index (χ1v) is 5.42. The summed E-state index contributed by atoms with van der Waals surface area (Å²) in [5.41, 5.74) is 0.657. The van der Waals surface area contributed by atoms with Gasteiger partial charge in [-0.2, -0.15) is 0 Å². The summed E-state index contributed by atoms with van der Waals surface area (Å²) in [6, 6.07) is 0. The van der Waals surface area contributed by atoms with Crippen molar-refractivity contribution in [2.75, 3.05) is 0 Å². The highest BCUT2D eigenvalue weighted by Gasteiger charge is 2.40. The number of fused-ring (bicyclic) bond motifs is 1. The first kappa shape index (κ1) is 7.72. The van der Waals surface area contributed by atoms with Crippen LogP contribution in [0.25, 0.3) is 0 Å². The molecule has 0 aromatic carbocycles. The molecule has 62 valence electrons. The van der Waals surface area contributed by atoms with Gasteiger partial charge in [0.1, 0.15) is 0 Å². The van der Waals surface area contributed by atoms with Crippen molar-refractivity contribution in [3.05, 3.63) is 11.0 Å². The molecule has 1 fully saturated rings. The van der Waals surface area contributed by atoms with E-state index in [4.69, 9.17) is 0 Å². The van der Waals surface area contributed by atoms with E-state index in [9.17, 15) is 0 Å². The zero-order valence-electron chi connectivity index (χ0n) is 7.39. The molecule has 0 aromatic rings. The number of thioether (sulfide) groups is 1. The van der Waals surface area contributed by atoms with Crippen molar-refractivity contribution in [1.29, 1.82) is 0 Å². The molecule has 0 spiro atoms. The smallest absolute Gasteiger partial charge is 0.0148 e. The van der Waals surface area contributed by atoms with Gasteiger partial charge in [0, 0.05) is 5.25 Å². The van der Waals surface area contributed by atoms with E-state index in [0.717, 1.165) is 5.25 Å². The van der Waals surface area contributed by atoms with Gasteiger partial charge in [-0.3, -0.25) is 0 Å². The van der Waals surface area contributed by atoms with Crippen molar-refractivity contribution < 1.29 is 0 Å². The van der Waals surface area contributed by atoms with E-state index in [1.807, 2.05) is 0 Å². The average Bonchev–Trinajstić information content (AvgIpc) is 2.31. The predicted octanol–water partition coefficient (Wildman–Crippen LogP) is 3.59. The summed E-state index contributed by atoms with van der Waals surface area (Å²) in [6.45, 7) is 4.71. The summed E-state index contributed by atoms with van der Waals surface area (Å²) in [7, 11) is 0. The molecule has 0 unspecified atom stereocenters. The van der Waals surface area contributed by atoms with E-state index in [1.165, 1.54) is 25.7 Å². The topological polar surface area (TPSA) is 0 Å². The summed E-state index contributed by atoms with van der Waals surface area (Å²) in [5.74, 6) is 0. The fourth-order valence-corrected chi connectivity index (χ4v) is 3.70. The van der Waals surface area contributed by atoms with Crippen LogP contribution in [0.4, 0.5) is 0 Å². The van der Waals surface area contributed by atoms with Crippen molar-refractivity contribution in [2.24, 2.45) is 5.41 Å². The largest absolute Gasteiger partial charge is 0.127 e. The lowest BCUT2D eigenvalue weighted by atomic mass is 9.84. The lowest BCUT2D eigenvalue weighted by Crippen LogP contribution is -2.25. The van der Waals surface area contributed by atoms with Gasteiger partial charge in [0.2, 0.25) is 0 Å². The number of hydrogen-bond acceptors (Lipinski definition) is 1. The summed E-state index contributed by atoms with van der Waals surface area (Å²) >= 11 is 2.12. The van der Waals surface area contributed by atoms with Gasteiger partial charge in [0.15, 0.2) is 0 Å². The highest BCUT2D eigenvalue weighted by atomic mass is 32.2. The van der Waals surface area contributed by atoms with E-state index in [1.54, 1.807) is 4.91 Å². The van der Waals surface area contributed by atoms with E-state index < -0.39 is 0 Å². The number of hydrogen-bond donors (Lipinski definition) is 0. The highest BCUT2D eigenvalue weighted by molar-refractivity contribution is 8.03. The quantitative estimate of drug-likeness (QED) is 0.532. The van der Waals surface area contributed by atoms with Crippen molar-refractivity contribution in [1.82, 2.24) is 0 Å². The second kappa shape index (κ2) is 2.55. The van der Waals surface area contributed by atoms with Gasteiger partial charge in [-0.1, -0.05) is 19.4 Å². The molecule has 1 heterocycles. The van der Waals surface area contributed by atoms with Crippen LogP contribution < -0.4 is 0 Å². The van der Waals surface area contributed by atoms with Crippen molar-refractivity contribution >= 4 is 11.8 Å². The van der Waals surface area contributed by atoms with Crippen LogP contribution in [-0.2, 0) is 0 Å². The third kappa shape index (κ3) is 1.24. The monoisotopic (exact) mass is 168 g/mol. The Labute approximate surface area is 73.4 Å². The first-order chi connectivity index (χ1) is 5.21. The maximum Gasteiger partial charge on any atom is 0.0148 e. The second-order valence-electron chi connectivity index (χ2n) is 4.17. The zero-order chi connectivity index (χ0) is 7.90. The Morgan fingerprint density at radius 2 is 2.45 bits per heavy atom. The maximum atomic E-state index is 2.46. The van der Waals surface area contributed by atoms with Gasteiger partial charge < -0.3 is 0 Å². The van der Waals surface area contributed by atoms with Crippen LogP contribution in [0.15, 0.2) is 11.0 Å². The van der Waals surface area contributed by atoms with Gasteiger partial charge in [-0.05, 0) is 36.5 Å². The van der Waals surface area contributed by atoms with Gasteiger partial charge >= 0.3 is 0 Å². The van der Waals surface area contributed by atoms with Gasteiger partial charge in [-0.25, -0.2) is 0 Å². The number of rotatable bonds is 0. The van der Waals surface area contributed by atoms with Crippen LogP contribution in [0, 0.1) is 5.41 Å². The molecule has 1 heteroatoms. The SMILES string of the molecule is CC1=CC[C@]2(C)CCC[C@@H]2S1. The Balaban J connectivity index is 2.20. The van der Waals surface area contributed by atoms with Crippen LogP contribution in [0.3, 0.4) is 0 Å². The van der Waals surface area contributed by atoms with Crippen molar-refractivity contribution in [2.45, 2.75) is 44.8 Å². The zero-order valence-corrected chi connectivity index (χ0v) is 8.21. The average molecular weight is 168 g/mol. The minimum Gasteiger partial charge on any atom is -0.127 e. The molecule has 1 aliphatic heterocycles. The lowest BCUT2D eigenvalue weighted by molar-refractivity contribution is 0.349. The Hall–Kier alpha value is 0.0900. The summed E-state index contributed by atoms with van der Waals surface area (Å²) < 4.78 is 0. The minimum absolute atomic E-state index is 0.657. The fraction of sp³-hybridized carbons (Fsp3) is 0.800. The summed E-state index contributed by atoms with van der Waals surface area (Å²) in [5, 5.41) is 0.937. The Morgan fingerprint density at radius 1 is 1.64 bits per heavy atom. The lowest BCUT2D eigenvalue weighted by Gasteiger charge is -2.34. The van der Waals surface area contributed by atoms with E-state index in [0.29, 0.717) is 5.41 Å². The Kier molecular flexibility index (Phi) is 1.79. The van der Waals surface area contributed by atoms with Crippen LogP contribution in [-0.4, -0.2) is 5.25 Å². The molecule has 1 aliphatic carbocycles. The van der Waals surface area contributed by atoms with Crippen LogP contribution in [0.2, 0.25) is 0 Å². The van der Waals surface area contributed by atoms with E-state index >= 15 is 0 Å². The minimum atomic E-state index is 0.657. The molecular formula is C10H16S. The summed E-state index contributed by atoms with van der Waals surface area (Å²) in [4.78, 5) is 1.55. The normalized spacial score (nSPS) is 43.5. The molecule has 2 rings (SSSR count). The molecular weight excluding hydrogens is 152 g/mol. The van der Waals surface area contributed by atoms with E-state index in [-0.39, 0.29) is 0 Å². The van der Waals surface area contributed by atoms with Crippen molar-refractivity contribution in [3.8, 4) is 0 Å². The molecule has 0 saturated heterocycles. The highest BCUT2D eigenvalue weighted by Crippen LogP contribution is 2.52. The molecule has 0 N–H and O–H groups in total. The van der Waals surface area contributed by atoms with Crippen LogP contribution >= 0.6 is 11.8 Å². The molecule has 0 aromatic heterocycles. The van der Waals surface area contributed by atoms with Gasteiger partial charge in [-0.15, -0.1) is 11.8 Å². The van der Waals surface area contributed by atoms with Crippen LogP contribution in [0.5, 0.6) is 0 Å². The standard InChI is InChI=1S/C10H16S/c1-8-5-7-10(2)6-3-4-9(10)11-8/h5,9H,3-4,6-7H2,1-2H3/t9-,10-/m0/s1. The molecule has 0 radical (unpaired) electrons. The molecule has 0 bridgehead atoms. The van der Waals surface area contributed by atoms with E-state index in [2.05, 4.69) is 31.7 Å². The molecule has 0 nitrogen and oxygen atoms in total. The van der Waals surface area contributed by atoms with Gasteiger partial charge in [0.25, 0.3) is 0 Å². The first-order valence-electron chi connectivity index (χ1n) is 4.54. The van der Waals surface area contributed by atoms with Gasteiger partial charge in [0.05, 0.1) is 0 Å². The summed E-state index contributed by atoms with van der Waals surface area (Å²) in [6.07, 6.45) is 8.11. The molecule has 2 atom stereocenters. The Bertz CT molecular complexity index is 195. The molecule has 0 amide bonds. The Morgan fingerprint density at radius 3 is 3.27 bits per heavy atom. The predicted molar refractivity (Wildman–Crippen MR) is 51.7 cm³/mol. The maximum absolute atomic E-state index is 2.46. The third-order valence-electron chi connectivity index (χ3n) is 3.18.